The number of nitrogens with zero attached hydrogens (tertiary/aromatic N) is 4. The Labute approximate surface area is 155 Å². The molecular formula is C18H16N6O2S. The minimum atomic E-state index is -3.61. The zero-order valence-electron chi connectivity index (χ0n) is 14.4. The number of hydrogen-bond acceptors (Lipinski definition) is 7. The van der Waals surface area contributed by atoms with Crippen molar-refractivity contribution >= 4 is 38.3 Å². The van der Waals surface area contributed by atoms with E-state index in [0.717, 1.165) is 11.9 Å². The highest BCUT2D eigenvalue weighted by atomic mass is 32.2. The van der Waals surface area contributed by atoms with Gasteiger partial charge in [-0.2, -0.15) is 9.97 Å². The monoisotopic (exact) mass is 380 g/mol. The Hall–Kier alpha value is -3.46. The lowest BCUT2D eigenvalue weighted by molar-refractivity contribution is 0.599. The zero-order chi connectivity index (χ0) is 19.0. The molecule has 0 aliphatic heterocycles. The van der Waals surface area contributed by atoms with Crippen molar-refractivity contribution in [2.24, 2.45) is 0 Å². The first-order chi connectivity index (χ1) is 12.9. The number of rotatable bonds is 4. The van der Waals surface area contributed by atoms with E-state index in [0.29, 0.717) is 17.0 Å². The highest BCUT2D eigenvalue weighted by Crippen LogP contribution is 2.25. The lowest BCUT2D eigenvalue weighted by atomic mass is 10.3. The van der Waals surface area contributed by atoms with Crippen molar-refractivity contribution < 1.29 is 8.42 Å². The fourth-order valence-electron chi connectivity index (χ4n) is 2.71. The third kappa shape index (κ3) is 3.32. The third-order valence-electron chi connectivity index (χ3n) is 3.89. The SMILES string of the molecule is CS(=O)(=O)c1nc(Nc2cccc(N)c2)nc2c1ncn2-c1ccccc1. The lowest BCUT2D eigenvalue weighted by Gasteiger charge is -2.09. The van der Waals surface area contributed by atoms with Crippen molar-refractivity contribution in [3.05, 3.63) is 60.9 Å². The van der Waals surface area contributed by atoms with Gasteiger partial charge in [-0.3, -0.25) is 4.57 Å². The molecule has 2 aromatic carbocycles. The van der Waals surface area contributed by atoms with Gasteiger partial charge in [0.15, 0.2) is 20.5 Å². The van der Waals surface area contributed by atoms with Crippen molar-refractivity contribution in [1.29, 1.82) is 0 Å². The van der Waals surface area contributed by atoms with E-state index >= 15 is 0 Å². The van der Waals surface area contributed by atoms with Crippen LogP contribution < -0.4 is 11.1 Å². The van der Waals surface area contributed by atoms with Crippen LogP contribution in [-0.4, -0.2) is 34.2 Å². The van der Waals surface area contributed by atoms with Crippen LogP contribution in [-0.2, 0) is 9.84 Å². The Morgan fingerprint density at radius 2 is 1.81 bits per heavy atom. The normalized spacial score (nSPS) is 11.6. The van der Waals surface area contributed by atoms with Gasteiger partial charge in [0.25, 0.3) is 0 Å². The van der Waals surface area contributed by atoms with Gasteiger partial charge in [0.2, 0.25) is 5.95 Å². The first-order valence-electron chi connectivity index (χ1n) is 8.05. The van der Waals surface area contributed by atoms with Crippen molar-refractivity contribution in [2.45, 2.75) is 5.03 Å². The van der Waals surface area contributed by atoms with Crippen LogP contribution in [0.4, 0.5) is 17.3 Å². The number of anilines is 3. The van der Waals surface area contributed by atoms with E-state index < -0.39 is 9.84 Å². The molecule has 0 fully saturated rings. The summed E-state index contributed by atoms with van der Waals surface area (Å²) in [6.07, 6.45) is 2.63. The summed E-state index contributed by atoms with van der Waals surface area (Å²) < 4.78 is 26.2. The Kier molecular flexibility index (Phi) is 4.00. The minimum Gasteiger partial charge on any atom is -0.399 e. The molecule has 9 heteroatoms. The van der Waals surface area contributed by atoms with Gasteiger partial charge < -0.3 is 11.1 Å². The van der Waals surface area contributed by atoms with Crippen molar-refractivity contribution in [3.8, 4) is 5.69 Å². The number of nitrogens with one attached hydrogen (secondary N) is 1. The molecule has 0 aliphatic carbocycles. The molecule has 0 saturated heterocycles. The second-order valence-corrected chi connectivity index (χ2v) is 7.93. The van der Waals surface area contributed by atoms with E-state index in [1.165, 1.54) is 6.33 Å². The van der Waals surface area contributed by atoms with Crippen LogP contribution in [0.25, 0.3) is 16.9 Å². The smallest absolute Gasteiger partial charge is 0.230 e. The molecular weight excluding hydrogens is 364 g/mol. The van der Waals surface area contributed by atoms with Gasteiger partial charge in [0.05, 0.1) is 0 Å². The van der Waals surface area contributed by atoms with Crippen LogP contribution in [0.3, 0.4) is 0 Å². The molecule has 0 spiro atoms. The minimum absolute atomic E-state index is 0.131. The molecule has 0 radical (unpaired) electrons. The van der Waals surface area contributed by atoms with Crippen LogP contribution in [0.5, 0.6) is 0 Å². The van der Waals surface area contributed by atoms with Crippen LogP contribution >= 0.6 is 0 Å². The van der Waals surface area contributed by atoms with Gasteiger partial charge >= 0.3 is 0 Å². The fraction of sp³-hybridized carbons (Fsp3) is 0.0556. The quantitative estimate of drug-likeness (QED) is 0.413. The Balaban J connectivity index is 1.92. The Morgan fingerprint density at radius 1 is 1.04 bits per heavy atom. The number of imidazole rings is 1. The van der Waals surface area contributed by atoms with E-state index in [9.17, 15) is 8.42 Å². The predicted octanol–water partition coefficient (Wildman–Crippen LogP) is 2.54. The van der Waals surface area contributed by atoms with Gasteiger partial charge in [0.1, 0.15) is 11.8 Å². The summed E-state index contributed by atoms with van der Waals surface area (Å²) in [6, 6.07) is 16.5. The first kappa shape index (κ1) is 17.0. The molecule has 0 unspecified atom stereocenters. The van der Waals surface area contributed by atoms with E-state index in [2.05, 4.69) is 20.3 Å². The van der Waals surface area contributed by atoms with E-state index in [1.807, 2.05) is 30.3 Å². The molecule has 0 bridgehead atoms. The molecule has 0 atom stereocenters. The van der Waals surface area contributed by atoms with Crippen LogP contribution in [0.1, 0.15) is 0 Å². The number of hydrogen-bond donors (Lipinski definition) is 2. The zero-order valence-corrected chi connectivity index (χ0v) is 15.2. The summed E-state index contributed by atoms with van der Waals surface area (Å²) in [5.74, 6) is 0.145. The van der Waals surface area contributed by atoms with Crippen LogP contribution in [0.2, 0.25) is 0 Å². The van der Waals surface area contributed by atoms with Crippen LogP contribution in [0.15, 0.2) is 66.0 Å². The maximum Gasteiger partial charge on any atom is 0.230 e. The molecule has 136 valence electrons. The summed E-state index contributed by atoms with van der Waals surface area (Å²) in [5.41, 5.74) is 8.44. The standard InChI is InChI=1S/C18H16N6O2S/c1-27(25,26)17-15-16(24(11-20-15)14-8-3-2-4-9-14)22-18(23-17)21-13-7-5-6-12(19)10-13/h2-11H,19H2,1H3,(H,21,22,23). The van der Waals surface area contributed by atoms with Crippen molar-refractivity contribution in [2.75, 3.05) is 17.3 Å². The molecule has 27 heavy (non-hydrogen) atoms. The molecule has 8 nitrogen and oxygen atoms in total. The summed E-state index contributed by atoms with van der Waals surface area (Å²) in [7, 11) is -3.61. The molecule has 0 saturated carbocycles. The molecule has 0 amide bonds. The average Bonchev–Trinajstić information content (AvgIpc) is 3.05. The second-order valence-electron chi connectivity index (χ2n) is 6.00. The number of benzene rings is 2. The van der Waals surface area contributed by atoms with Gasteiger partial charge in [-0.1, -0.05) is 24.3 Å². The predicted molar refractivity (Wildman–Crippen MR) is 104 cm³/mol. The number of para-hydroxylation sites is 1. The Bertz CT molecular complexity index is 1240. The third-order valence-corrected chi connectivity index (χ3v) is 4.88. The van der Waals surface area contributed by atoms with E-state index in [-0.39, 0.29) is 16.5 Å². The Morgan fingerprint density at radius 3 is 2.52 bits per heavy atom. The average molecular weight is 380 g/mol. The molecule has 4 aromatic rings. The second kappa shape index (κ2) is 6.36. The van der Waals surface area contributed by atoms with Gasteiger partial charge in [-0.05, 0) is 30.3 Å². The maximum absolute atomic E-state index is 12.3. The maximum atomic E-state index is 12.3. The molecule has 4 rings (SSSR count). The molecule has 2 heterocycles. The van der Waals surface area contributed by atoms with Gasteiger partial charge in [-0.15, -0.1) is 0 Å². The van der Waals surface area contributed by atoms with Gasteiger partial charge in [0, 0.05) is 23.3 Å². The largest absolute Gasteiger partial charge is 0.399 e. The topological polar surface area (TPSA) is 116 Å². The van der Waals surface area contributed by atoms with Crippen LogP contribution in [0, 0.1) is 0 Å². The summed E-state index contributed by atoms with van der Waals surface area (Å²) in [5, 5.41) is 2.88. The summed E-state index contributed by atoms with van der Waals surface area (Å²) in [6.45, 7) is 0. The summed E-state index contributed by atoms with van der Waals surface area (Å²) >= 11 is 0. The number of nitrogen functional groups attached to an aromatic ring is 1. The molecule has 3 N–H and O–H groups in total. The number of nitrogens with two attached hydrogens (primary N) is 1. The summed E-state index contributed by atoms with van der Waals surface area (Å²) in [4.78, 5) is 12.9. The lowest BCUT2D eigenvalue weighted by Crippen LogP contribution is -2.07. The van der Waals surface area contributed by atoms with Crippen molar-refractivity contribution in [1.82, 2.24) is 19.5 Å². The molecule has 0 aliphatic rings. The molecule has 2 aromatic heterocycles. The van der Waals surface area contributed by atoms with E-state index in [4.69, 9.17) is 5.73 Å². The number of sulfone groups is 1. The van der Waals surface area contributed by atoms with Crippen molar-refractivity contribution in [3.63, 3.8) is 0 Å². The van der Waals surface area contributed by atoms with E-state index in [1.54, 1.807) is 28.8 Å². The number of aromatic nitrogens is 4. The highest BCUT2D eigenvalue weighted by molar-refractivity contribution is 7.90. The van der Waals surface area contributed by atoms with Gasteiger partial charge in [-0.25, -0.2) is 13.4 Å². The fourth-order valence-corrected chi connectivity index (χ4v) is 3.46. The first-order valence-corrected chi connectivity index (χ1v) is 9.94. The highest BCUT2D eigenvalue weighted by Gasteiger charge is 2.21. The number of fused-ring (bicyclic) bond motifs is 1.